The first-order valence-corrected chi connectivity index (χ1v) is 9.53. The number of nitrogen functional groups attached to an aromatic ring is 1. The molecule has 0 aliphatic carbocycles. The minimum atomic E-state index is -0.188. The first-order chi connectivity index (χ1) is 12.9. The van der Waals surface area contributed by atoms with Crippen LogP contribution in [-0.2, 0) is 11.2 Å². The number of benzene rings is 2. The number of carbonyl (C=O) groups is 2. The fraction of sp³-hybridized carbons (Fsp3) is 0.333. The van der Waals surface area contributed by atoms with Crippen LogP contribution < -0.4 is 16.0 Å². The van der Waals surface area contributed by atoms with Crippen LogP contribution in [0.25, 0.3) is 0 Å². The summed E-state index contributed by atoms with van der Waals surface area (Å²) in [5.41, 5.74) is 9.54. The molecule has 1 heterocycles. The number of fused-ring (bicyclic) bond motifs is 1. The number of nitrogens with two attached hydrogens (primary N) is 1. The molecule has 2 aromatic rings. The van der Waals surface area contributed by atoms with E-state index in [0.717, 1.165) is 24.1 Å². The van der Waals surface area contributed by atoms with E-state index in [0.29, 0.717) is 34.9 Å². The number of nitrogens with zero attached hydrogens (tertiary/aromatic N) is 1. The molecule has 1 aliphatic heterocycles. The predicted octanol–water partition coefficient (Wildman–Crippen LogP) is 4.50. The molecule has 0 aromatic heterocycles. The Morgan fingerprint density at radius 3 is 2.78 bits per heavy atom. The molecular weight excluding hydrogens is 362 g/mol. The highest BCUT2D eigenvalue weighted by Gasteiger charge is 2.26. The van der Waals surface area contributed by atoms with E-state index in [4.69, 9.17) is 17.3 Å². The molecule has 0 unspecified atom stereocenters. The van der Waals surface area contributed by atoms with Gasteiger partial charge in [-0.3, -0.25) is 9.59 Å². The van der Waals surface area contributed by atoms with Crippen molar-refractivity contribution in [3.8, 4) is 0 Å². The molecule has 3 rings (SSSR count). The van der Waals surface area contributed by atoms with Crippen molar-refractivity contribution >= 4 is 40.5 Å². The fourth-order valence-corrected chi connectivity index (χ4v) is 3.56. The van der Waals surface area contributed by atoms with Gasteiger partial charge in [0.05, 0.1) is 10.6 Å². The Balaban J connectivity index is 1.89. The first-order valence-electron chi connectivity index (χ1n) is 9.15. The second-order valence-corrected chi connectivity index (χ2v) is 7.65. The number of nitrogens with one attached hydrogen (secondary N) is 1. The van der Waals surface area contributed by atoms with E-state index in [1.54, 1.807) is 23.1 Å². The Morgan fingerprint density at radius 2 is 2.04 bits per heavy atom. The zero-order valence-corrected chi connectivity index (χ0v) is 16.3. The van der Waals surface area contributed by atoms with E-state index < -0.39 is 0 Å². The van der Waals surface area contributed by atoms with Crippen molar-refractivity contribution in [3.63, 3.8) is 0 Å². The molecule has 0 radical (unpaired) electrons. The lowest BCUT2D eigenvalue weighted by molar-refractivity contribution is -0.116. The normalized spacial score (nSPS) is 13.4. The first kappa shape index (κ1) is 19.2. The summed E-state index contributed by atoms with van der Waals surface area (Å²) in [4.78, 5) is 27.0. The summed E-state index contributed by atoms with van der Waals surface area (Å²) >= 11 is 6.30. The van der Waals surface area contributed by atoms with Crippen LogP contribution in [0.5, 0.6) is 0 Å². The molecule has 2 aromatic carbocycles. The number of halogens is 1. The molecule has 3 N–H and O–H groups in total. The number of carbonyl (C=O) groups excluding carboxylic acids is 2. The minimum Gasteiger partial charge on any atom is -0.398 e. The quantitative estimate of drug-likeness (QED) is 0.761. The van der Waals surface area contributed by atoms with E-state index in [9.17, 15) is 9.59 Å². The highest BCUT2D eigenvalue weighted by molar-refractivity contribution is 6.34. The number of hydrogen-bond donors (Lipinski definition) is 2. The zero-order valence-electron chi connectivity index (χ0n) is 15.6. The third kappa shape index (κ3) is 4.25. The van der Waals surface area contributed by atoms with Gasteiger partial charge in [0.1, 0.15) is 0 Å². The molecule has 0 bridgehead atoms. The van der Waals surface area contributed by atoms with Crippen molar-refractivity contribution in [1.82, 2.24) is 0 Å². The van der Waals surface area contributed by atoms with Crippen LogP contribution in [0.1, 0.15) is 42.6 Å². The Hall–Kier alpha value is -2.53. The number of hydrogen-bond acceptors (Lipinski definition) is 3. The highest BCUT2D eigenvalue weighted by atomic mass is 35.5. The van der Waals surface area contributed by atoms with Crippen LogP contribution in [0.2, 0.25) is 5.02 Å². The van der Waals surface area contributed by atoms with Gasteiger partial charge in [-0.15, -0.1) is 0 Å². The van der Waals surface area contributed by atoms with E-state index in [1.165, 1.54) is 0 Å². The molecule has 0 fully saturated rings. The van der Waals surface area contributed by atoms with Crippen LogP contribution in [0, 0.1) is 5.92 Å². The second-order valence-electron chi connectivity index (χ2n) is 7.25. The molecular formula is C21H24ClN3O2. The Labute approximate surface area is 164 Å². The summed E-state index contributed by atoms with van der Waals surface area (Å²) in [6, 6.07) is 10.6. The number of amides is 2. The maximum absolute atomic E-state index is 13.2. The third-order valence-electron chi connectivity index (χ3n) is 4.61. The Bertz CT molecular complexity index is 880. The molecule has 6 heteroatoms. The average molecular weight is 386 g/mol. The summed E-state index contributed by atoms with van der Waals surface area (Å²) < 4.78 is 0. The van der Waals surface area contributed by atoms with E-state index >= 15 is 0 Å². The zero-order chi connectivity index (χ0) is 19.6. The molecule has 0 saturated heterocycles. The van der Waals surface area contributed by atoms with Gasteiger partial charge in [0.25, 0.3) is 5.91 Å². The Kier molecular flexibility index (Phi) is 5.71. The SMILES string of the molecule is CC(C)CC(=O)Nc1ccc(Cl)c(C(=O)N2CCCc3c(N)cccc32)c1. The average Bonchev–Trinajstić information content (AvgIpc) is 2.62. The van der Waals surface area contributed by atoms with Crippen molar-refractivity contribution in [2.24, 2.45) is 5.92 Å². The molecule has 27 heavy (non-hydrogen) atoms. The van der Waals surface area contributed by atoms with Crippen LogP contribution in [0.15, 0.2) is 36.4 Å². The molecule has 0 atom stereocenters. The summed E-state index contributed by atoms with van der Waals surface area (Å²) in [6.07, 6.45) is 2.12. The van der Waals surface area contributed by atoms with Gasteiger partial charge < -0.3 is 16.0 Å². The van der Waals surface area contributed by atoms with Crippen LogP contribution in [0.4, 0.5) is 17.1 Å². The molecule has 142 valence electrons. The fourth-order valence-electron chi connectivity index (χ4n) is 3.36. The summed E-state index contributed by atoms with van der Waals surface area (Å²) in [7, 11) is 0. The molecule has 1 aliphatic rings. The van der Waals surface area contributed by atoms with E-state index in [-0.39, 0.29) is 17.7 Å². The molecule has 0 saturated carbocycles. The van der Waals surface area contributed by atoms with Crippen LogP contribution >= 0.6 is 11.6 Å². The van der Waals surface area contributed by atoms with Gasteiger partial charge >= 0.3 is 0 Å². The summed E-state index contributed by atoms with van der Waals surface area (Å²) in [6.45, 7) is 4.57. The van der Waals surface area contributed by atoms with Gasteiger partial charge in [-0.2, -0.15) is 0 Å². The van der Waals surface area contributed by atoms with Gasteiger partial charge in [0, 0.05) is 30.0 Å². The second kappa shape index (κ2) is 8.01. The lowest BCUT2D eigenvalue weighted by Gasteiger charge is -2.30. The van der Waals surface area contributed by atoms with Crippen molar-refractivity contribution < 1.29 is 9.59 Å². The van der Waals surface area contributed by atoms with Gasteiger partial charge in [0.15, 0.2) is 0 Å². The maximum atomic E-state index is 13.2. The van der Waals surface area contributed by atoms with E-state index in [2.05, 4.69) is 5.32 Å². The van der Waals surface area contributed by atoms with Gasteiger partial charge in [-0.25, -0.2) is 0 Å². The number of anilines is 3. The van der Waals surface area contributed by atoms with Gasteiger partial charge in [-0.1, -0.05) is 31.5 Å². The molecule has 2 amide bonds. The minimum absolute atomic E-state index is 0.0817. The Morgan fingerprint density at radius 1 is 1.26 bits per heavy atom. The molecule has 5 nitrogen and oxygen atoms in total. The predicted molar refractivity (Wildman–Crippen MR) is 110 cm³/mol. The van der Waals surface area contributed by atoms with Gasteiger partial charge in [0.2, 0.25) is 5.91 Å². The molecule has 0 spiro atoms. The summed E-state index contributed by atoms with van der Waals surface area (Å²) in [5.74, 6) is -0.0120. The maximum Gasteiger partial charge on any atom is 0.259 e. The van der Waals surface area contributed by atoms with Crippen molar-refractivity contribution in [3.05, 3.63) is 52.5 Å². The van der Waals surface area contributed by atoms with Crippen molar-refractivity contribution in [2.75, 3.05) is 22.5 Å². The highest BCUT2D eigenvalue weighted by Crippen LogP contribution is 2.33. The monoisotopic (exact) mass is 385 g/mol. The largest absolute Gasteiger partial charge is 0.398 e. The van der Waals surface area contributed by atoms with E-state index in [1.807, 2.05) is 32.0 Å². The van der Waals surface area contributed by atoms with Crippen molar-refractivity contribution in [2.45, 2.75) is 33.1 Å². The standard InChI is InChI=1S/C21H24ClN3O2/c1-13(2)11-20(26)24-14-8-9-17(22)16(12-14)21(27)25-10-4-5-15-18(23)6-3-7-19(15)25/h3,6-9,12-13H,4-5,10-11,23H2,1-2H3,(H,24,26). The van der Waals surface area contributed by atoms with Gasteiger partial charge in [-0.05, 0) is 54.7 Å². The lowest BCUT2D eigenvalue weighted by Crippen LogP contribution is -2.36. The van der Waals surface area contributed by atoms with Crippen molar-refractivity contribution in [1.29, 1.82) is 0 Å². The summed E-state index contributed by atoms with van der Waals surface area (Å²) in [5, 5.41) is 3.20. The third-order valence-corrected chi connectivity index (χ3v) is 4.94. The van der Waals surface area contributed by atoms with Crippen LogP contribution in [0.3, 0.4) is 0 Å². The van der Waals surface area contributed by atoms with Crippen LogP contribution in [-0.4, -0.2) is 18.4 Å². The topological polar surface area (TPSA) is 75.4 Å². The number of rotatable bonds is 4. The lowest BCUT2D eigenvalue weighted by atomic mass is 9.99. The smallest absolute Gasteiger partial charge is 0.259 e.